The number of fused-ring (bicyclic) bond motifs is 2. The lowest BCUT2D eigenvalue weighted by Crippen LogP contribution is -2.21. The summed E-state index contributed by atoms with van der Waals surface area (Å²) in [5, 5.41) is 0. The van der Waals surface area contributed by atoms with Crippen molar-refractivity contribution in [1.82, 2.24) is 0 Å². The Kier molecular flexibility index (Phi) is 1.07. The molecule has 0 aromatic rings. The summed E-state index contributed by atoms with van der Waals surface area (Å²) in [6.07, 6.45) is 4.31. The summed E-state index contributed by atoms with van der Waals surface area (Å²) in [6.45, 7) is 8.91. The van der Waals surface area contributed by atoms with Crippen molar-refractivity contribution in [2.24, 2.45) is 17.3 Å². The van der Waals surface area contributed by atoms with E-state index in [-0.39, 0.29) is 0 Å². The van der Waals surface area contributed by atoms with Gasteiger partial charge in [0.05, 0.1) is 0 Å². The maximum Gasteiger partial charge on any atom is -0.0116 e. The molecule has 2 atom stereocenters. The fraction of sp³-hybridized carbons (Fsp3) is 0.800. The van der Waals surface area contributed by atoms with Crippen LogP contribution < -0.4 is 0 Å². The van der Waals surface area contributed by atoms with Crippen molar-refractivity contribution >= 4 is 0 Å². The molecular formula is C10H16. The van der Waals surface area contributed by atoms with Crippen LogP contribution in [-0.2, 0) is 0 Å². The van der Waals surface area contributed by atoms with E-state index >= 15 is 0 Å². The quantitative estimate of drug-likeness (QED) is 0.449. The molecule has 0 aliphatic heterocycles. The SMILES string of the molecule is C=C1[C@@H]2CC[C@H](C2)C1(C)C. The van der Waals surface area contributed by atoms with Crippen LogP contribution in [-0.4, -0.2) is 0 Å². The summed E-state index contributed by atoms with van der Waals surface area (Å²) in [7, 11) is 0. The average molecular weight is 136 g/mol. The molecular weight excluding hydrogens is 120 g/mol. The molecule has 0 heteroatoms. The largest absolute Gasteiger partial charge is 0.0990 e. The average Bonchev–Trinajstić information content (AvgIpc) is 2.37. The standard InChI is InChI=1S/C10H16/c1-7-8-4-5-9(6-8)10(7,2)3/h8-9H,1,4-6H2,2-3H3/t8-,9-/m1/s1. The summed E-state index contributed by atoms with van der Waals surface area (Å²) < 4.78 is 0. The predicted octanol–water partition coefficient (Wildman–Crippen LogP) is 3.00. The van der Waals surface area contributed by atoms with Crippen LogP contribution in [0.2, 0.25) is 0 Å². The van der Waals surface area contributed by atoms with Gasteiger partial charge in [-0.2, -0.15) is 0 Å². The molecule has 0 heterocycles. The molecule has 0 saturated heterocycles. The van der Waals surface area contributed by atoms with Crippen molar-refractivity contribution in [3.63, 3.8) is 0 Å². The highest BCUT2D eigenvalue weighted by molar-refractivity contribution is 5.22. The van der Waals surface area contributed by atoms with Crippen LogP contribution in [0.4, 0.5) is 0 Å². The van der Waals surface area contributed by atoms with Crippen LogP contribution in [0.25, 0.3) is 0 Å². The summed E-state index contributed by atoms with van der Waals surface area (Å²) in [5.74, 6) is 1.85. The van der Waals surface area contributed by atoms with E-state index in [1.54, 1.807) is 0 Å². The van der Waals surface area contributed by atoms with Gasteiger partial charge < -0.3 is 0 Å². The van der Waals surface area contributed by atoms with Gasteiger partial charge in [0.2, 0.25) is 0 Å². The third-order valence-corrected chi connectivity index (χ3v) is 3.77. The molecule has 0 radical (unpaired) electrons. The third kappa shape index (κ3) is 0.574. The molecule has 0 N–H and O–H groups in total. The van der Waals surface area contributed by atoms with Crippen molar-refractivity contribution in [3.8, 4) is 0 Å². The summed E-state index contributed by atoms with van der Waals surface area (Å²) in [6, 6.07) is 0. The Balaban J connectivity index is 2.34. The molecule has 2 fully saturated rings. The Bertz CT molecular complexity index is 176. The van der Waals surface area contributed by atoms with Gasteiger partial charge in [0, 0.05) is 0 Å². The minimum Gasteiger partial charge on any atom is -0.0990 e. The lowest BCUT2D eigenvalue weighted by molar-refractivity contribution is 0.289. The molecule has 0 unspecified atom stereocenters. The maximum absolute atomic E-state index is 4.19. The smallest absolute Gasteiger partial charge is 0.0116 e. The highest BCUT2D eigenvalue weighted by Crippen LogP contribution is 2.58. The molecule has 2 rings (SSSR count). The first-order chi connectivity index (χ1) is 4.62. The van der Waals surface area contributed by atoms with Gasteiger partial charge in [-0.05, 0) is 36.5 Å². The van der Waals surface area contributed by atoms with Crippen LogP contribution in [0.1, 0.15) is 33.1 Å². The highest BCUT2D eigenvalue weighted by atomic mass is 14.5. The van der Waals surface area contributed by atoms with Gasteiger partial charge in [0.25, 0.3) is 0 Å². The van der Waals surface area contributed by atoms with Gasteiger partial charge in [0.15, 0.2) is 0 Å². The Labute approximate surface area is 63.3 Å². The second kappa shape index (κ2) is 1.66. The van der Waals surface area contributed by atoms with E-state index < -0.39 is 0 Å². The van der Waals surface area contributed by atoms with E-state index in [4.69, 9.17) is 0 Å². The van der Waals surface area contributed by atoms with E-state index in [9.17, 15) is 0 Å². The van der Waals surface area contributed by atoms with Crippen molar-refractivity contribution in [3.05, 3.63) is 12.2 Å². The molecule has 0 nitrogen and oxygen atoms in total. The van der Waals surface area contributed by atoms with Crippen LogP contribution >= 0.6 is 0 Å². The zero-order valence-electron chi connectivity index (χ0n) is 6.98. The maximum atomic E-state index is 4.19. The van der Waals surface area contributed by atoms with E-state index in [0.29, 0.717) is 5.41 Å². The second-order valence-corrected chi connectivity index (χ2v) is 4.45. The minimum atomic E-state index is 0.475. The summed E-state index contributed by atoms with van der Waals surface area (Å²) in [5.41, 5.74) is 2.01. The van der Waals surface area contributed by atoms with Gasteiger partial charge >= 0.3 is 0 Å². The monoisotopic (exact) mass is 136 g/mol. The second-order valence-electron chi connectivity index (χ2n) is 4.45. The fourth-order valence-corrected chi connectivity index (χ4v) is 2.74. The first kappa shape index (κ1) is 6.45. The Morgan fingerprint density at radius 3 is 2.40 bits per heavy atom. The first-order valence-electron chi connectivity index (χ1n) is 4.31. The van der Waals surface area contributed by atoms with Gasteiger partial charge in [-0.25, -0.2) is 0 Å². The molecule has 2 saturated carbocycles. The van der Waals surface area contributed by atoms with E-state index in [1.807, 2.05) is 0 Å². The number of rotatable bonds is 0. The van der Waals surface area contributed by atoms with Gasteiger partial charge in [-0.1, -0.05) is 26.0 Å². The van der Waals surface area contributed by atoms with Crippen molar-refractivity contribution < 1.29 is 0 Å². The molecule has 0 amide bonds. The zero-order chi connectivity index (χ0) is 7.35. The number of hydrogen-bond acceptors (Lipinski definition) is 0. The van der Waals surface area contributed by atoms with Crippen LogP contribution in [0.3, 0.4) is 0 Å². The summed E-state index contributed by atoms with van der Waals surface area (Å²) >= 11 is 0. The topological polar surface area (TPSA) is 0 Å². The van der Waals surface area contributed by atoms with E-state index in [0.717, 1.165) is 11.8 Å². The normalized spacial score (nSPS) is 42.8. The Hall–Kier alpha value is -0.260. The molecule has 0 aromatic carbocycles. The predicted molar refractivity (Wildman–Crippen MR) is 43.8 cm³/mol. The van der Waals surface area contributed by atoms with Gasteiger partial charge in [0.1, 0.15) is 0 Å². The third-order valence-electron chi connectivity index (χ3n) is 3.77. The fourth-order valence-electron chi connectivity index (χ4n) is 2.74. The Morgan fingerprint density at radius 1 is 1.40 bits per heavy atom. The van der Waals surface area contributed by atoms with Gasteiger partial charge in [-0.15, -0.1) is 0 Å². The van der Waals surface area contributed by atoms with Gasteiger partial charge in [-0.3, -0.25) is 0 Å². The summed E-state index contributed by atoms with van der Waals surface area (Å²) in [4.78, 5) is 0. The minimum absolute atomic E-state index is 0.475. The molecule has 10 heavy (non-hydrogen) atoms. The molecule has 2 aliphatic carbocycles. The number of allylic oxidation sites excluding steroid dienone is 1. The van der Waals surface area contributed by atoms with Crippen LogP contribution in [0, 0.1) is 17.3 Å². The highest BCUT2D eigenvalue weighted by Gasteiger charge is 2.47. The molecule has 0 spiro atoms. The Morgan fingerprint density at radius 2 is 2.10 bits per heavy atom. The van der Waals surface area contributed by atoms with Crippen LogP contribution in [0.5, 0.6) is 0 Å². The van der Waals surface area contributed by atoms with Crippen molar-refractivity contribution in [2.75, 3.05) is 0 Å². The molecule has 2 aliphatic rings. The number of hydrogen-bond donors (Lipinski definition) is 0. The van der Waals surface area contributed by atoms with E-state index in [2.05, 4.69) is 20.4 Å². The van der Waals surface area contributed by atoms with Crippen molar-refractivity contribution in [1.29, 1.82) is 0 Å². The van der Waals surface area contributed by atoms with Crippen LogP contribution in [0.15, 0.2) is 12.2 Å². The lowest BCUT2D eigenvalue weighted by Gasteiger charge is -2.31. The lowest BCUT2D eigenvalue weighted by atomic mass is 9.73. The first-order valence-corrected chi connectivity index (χ1v) is 4.31. The molecule has 2 bridgehead atoms. The van der Waals surface area contributed by atoms with Crippen molar-refractivity contribution in [2.45, 2.75) is 33.1 Å². The molecule has 56 valence electrons. The molecule has 0 aromatic heterocycles. The zero-order valence-corrected chi connectivity index (χ0v) is 6.98. The van der Waals surface area contributed by atoms with E-state index in [1.165, 1.54) is 24.8 Å².